The lowest BCUT2D eigenvalue weighted by Crippen LogP contribution is -2.66. The Hall–Kier alpha value is -1.09. The van der Waals surface area contributed by atoms with Gasteiger partial charge in [-0.25, -0.2) is 0 Å². The zero-order chi connectivity index (χ0) is 19.6. The smallest absolute Gasteiger partial charge is 0.261 e. The number of hydrogen-bond acceptors (Lipinski definition) is 1. The number of rotatable bonds is 8. The summed E-state index contributed by atoms with van der Waals surface area (Å²) >= 11 is 2.41. The van der Waals surface area contributed by atoms with Crippen molar-refractivity contribution >= 4 is 41.3 Å². The molecule has 0 heterocycles. The fourth-order valence-electron chi connectivity index (χ4n) is 3.48. The van der Waals surface area contributed by atoms with Crippen LogP contribution in [0.5, 0.6) is 0 Å². The highest BCUT2D eigenvalue weighted by atomic mass is 127. The number of alkyl halides is 1. The van der Waals surface area contributed by atoms with Crippen LogP contribution in [0.25, 0.3) is 0 Å². The predicted octanol–water partition coefficient (Wildman–Crippen LogP) is 5.56. The molecule has 0 atom stereocenters. The minimum atomic E-state index is -2.38. The number of benzene rings is 2. The molecule has 0 spiro atoms. The molecule has 144 valence electrons. The summed E-state index contributed by atoms with van der Waals surface area (Å²) in [6.45, 7) is 7.73. The largest absolute Gasteiger partial charge is 0.407 e. The van der Waals surface area contributed by atoms with E-state index in [0.717, 1.165) is 25.9 Å². The second-order valence-electron chi connectivity index (χ2n) is 7.76. The van der Waals surface area contributed by atoms with Crippen LogP contribution in [-0.2, 0) is 4.43 Å². The van der Waals surface area contributed by atoms with E-state index in [0.29, 0.717) is 0 Å². The van der Waals surface area contributed by atoms with Gasteiger partial charge in [0.15, 0.2) is 0 Å². The van der Waals surface area contributed by atoms with Gasteiger partial charge in [0.25, 0.3) is 8.32 Å². The molecule has 2 rings (SSSR count). The lowest BCUT2D eigenvalue weighted by molar-refractivity contribution is 0.293. The quantitative estimate of drug-likeness (QED) is 0.155. The van der Waals surface area contributed by atoms with Crippen LogP contribution in [0.1, 0.15) is 46.5 Å². The molecular formula is C24H31IOSi. The van der Waals surface area contributed by atoms with Gasteiger partial charge in [-0.1, -0.05) is 104 Å². The van der Waals surface area contributed by atoms with E-state index in [4.69, 9.17) is 4.43 Å². The minimum Gasteiger partial charge on any atom is -0.407 e. The topological polar surface area (TPSA) is 9.23 Å². The maximum atomic E-state index is 6.86. The summed E-state index contributed by atoms with van der Waals surface area (Å²) < 4.78 is 8.05. The first-order valence-corrected chi connectivity index (χ1v) is 13.2. The lowest BCUT2D eigenvalue weighted by atomic mass is 10.2. The van der Waals surface area contributed by atoms with Gasteiger partial charge >= 0.3 is 0 Å². The predicted molar refractivity (Wildman–Crippen MR) is 129 cm³/mol. The molecule has 0 aliphatic rings. The van der Waals surface area contributed by atoms with Gasteiger partial charge in [-0.3, -0.25) is 0 Å². The van der Waals surface area contributed by atoms with E-state index in [9.17, 15) is 0 Å². The van der Waals surface area contributed by atoms with Crippen LogP contribution in [0.4, 0.5) is 0 Å². The highest BCUT2D eigenvalue weighted by molar-refractivity contribution is 14.1. The van der Waals surface area contributed by atoms with Crippen LogP contribution >= 0.6 is 22.6 Å². The molecule has 0 aliphatic heterocycles. The molecule has 27 heavy (non-hydrogen) atoms. The Labute approximate surface area is 180 Å². The summed E-state index contributed by atoms with van der Waals surface area (Å²) in [5.41, 5.74) is 0. The molecule has 0 fully saturated rings. The lowest BCUT2D eigenvalue weighted by Gasteiger charge is -2.43. The van der Waals surface area contributed by atoms with Crippen LogP contribution in [0, 0.1) is 11.8 Å². The fourth-order valence-corrected chi connectivity index (χ4v) is 8.47. The molecule has 0 aliphatic carbocycles. The van der Waals surface area contributed by atoms with Gasteiger partial charge in [0.1, 0.15) is 0 Å². The molecule has 2 aromatic carbocycles. The SMILES string of the molecule is CC(C)(C)[Si](OCCCC#CCCCI)(c1ccccc1)c1ccccc1. The maximum Gasteiger partial charge on any atom is 0.261 e. The molecule has 0 saturated heterocycles. The maximum absolute atomic E-state index is 6.86. The van der Waals surface area contributed by atoms with Crippen LogP contribution in [0.3, 0.4) is 0 Å². The normalized spacial score (nSPS) is 11.7. The average Bonchev–Trinajstić information content (AvgIpc) is 2.67. The molecule has 0 radical (unpaired) electrons. The van der Waals surface area contributed by atoms with Crippen molar-refractivity contribution in [1.82, 2.24) is 0 Å². The molecule has 0 bridgehead atoms. The first kappa shape index (κ1) is 22.2. The number of hydrogen-bond donors (Lipinski definition) is 0. The van der Waals surface area contributed by atoms with Gasteiger partial charge in [0.2, 0.25) is 0 Å². The van der Waals surface area contributed by atoms with Crippen LogP contribution in [0.15, 0.2) is 60.7 Å². The molecule has 0 aromatic heterocycles. The second-order valence-corrected chi connectivity index (χ2v) is 13.1. The molecule has 0 saturated carbocycles. The number of unbranched alkanes of at least 4 members (excludes halogenated alkanes) is 2. The van der Waals surface area contributed by atoms with Crippen molar-refractivity contribution in [2.45, 2.75) is 51.5 Å². The van der Waals surface area contributed by atoms with Crippen molar-refractivity contribution in [2.75, 3.05) is 11.0 Å². The van der Waals surface area contributed by atoms with Crippen molar-refractivity contribution in [3.05, 3.63) is 60.7 Å². The zero-order valence-corrected chi connectivity index (χ0v) is 20.0. The summed E-state index contributed by atoms with van der Waals surface area (Å²) in [5.74, 6) is 6.59. The molecule has 0 N–H and O–H groups in total. The van der Waals surface area contributed by atoms with Crippen molar-refractivity contribution < 1.29 is 4.43 Å². The first-order valence-electron chi connectivity index (χ1n) is 9.79. The van der Waals surface area contributed by atoms with E-state index in [1.165, 1.54) is 21.2 Å². The minimum absolute atomic E-state index is 0.0433. The molecule has 3 heteroatoms. The van der Waals surface area contributed by atoms with E-state index in [-0.39, 0.29) is 5.04 Å². The standard InChI is InChI=1S/C24H31IOSi/c1-24(2,3)27(22-16-10-8-11-17-22,23-18-12-9-13-19-23)26-21-15-7-5-4-6-14-20-25/h8-13,16-19H,6-7,14-15,20-21H2,1-3H3. The summed E-state index contributed by atoms with van der Waals surface area (Å²) in [6.07, 6.45) is 4.10. The highest BCUT2D eigenvalue weighted by Crippen LogP contribution is 2.36. The van der Waals surface area contributed by atoms with E-state index in [1.807, 2.05) is 0 Å². The van der Waals surface area contributed by atoms with Crippen LogP contribution in [0.2, 0.25) is 5.04 Å². The summed E-state index contributed by atoms with van der Waals surface area (Å²) in [5, 5.41) is 2.73. The monoisotopic (exact) mass is 490 g/mol. The Morgan fingerprint density at radius 2 is 1.30 bits per heavy atom. The Kier molecular flexibility index (Phi) is 9.08. The third-order valence-corrected chi connectivity index (χ3v) is 10.5. The van der Waals surface area contributed by atoms with Gasteiger partial charge in [-0.15, -0.1) is 11.8 Å². The van der Waals surface area contributed by atoms with Crippen LogP contribution in [-0.4, -0.2) is 19.4 Å². The Morgan fingerprint density at radius 1 is 0.815 bits per heavy atom. The highest BCUT2D eigenvalue weighted by Gasteiger charge is 2.49. The Balaban J connectivity index is 2.23. The fraction of sp³-hybridized carbons (Fsp3) is 0.417. The first-order chi connectivity index (χ1) is 13.0. The Morgan fingerprint density at radius 3 is 1.74 bits per heavy atom. The molecular weight excluding hydrogens is 459 g/mol. The van der Waals surface area contributed by atoms with Gasteiger partial charge in [-0.2, -0.15) is 0 Å². The zero-order valence-electron chi connectivity index (χ0n) is 16.8. The summed E-state index contributed by atoms with van der Waals surface area (Å²) in [6, 6.07) is 21.7. The van der Waals surface area contributed by atoms with Crippen LogP contribution < -0.4 is 10.4 Å². The van der Waals surface area contributed by atoms with E-state index in [1.54, 1.807) is 0 Å². The Bertz CT molecular complexity index is 686. The van der Waals surface area contributed by atoms with Gasteiger partial charge in [0.05, 0.1) is 0 Å². The second kappa shape index (κ2) is 11.0. The van der Waals surface area contributed by atoms with Crippen molar-refractivity contribution in [3.63, 3.8) is 0 Å². The molecule has 2 aromatic rings. The van der Waals surface area contributed by atoms with Gasteiger partial charge < -0.3 is 4.43 Å². The van der Waals surface area contributed by atoms with E-state index >= 15 is 0 Å². The van der Waals surface area contributed by atoms with Gasteiger partial charge in [-0.05, 0) is 28.3 Å². The van der Waals surface area contributed by atoms with Crippen molar-refractivity contribution in [2.24, 2.45) is 0 Å². The average molecular weight is 491 g/mol. The van der Waals surface area contributed by atoms with Crippen molar-refractivity contribution in [3.8, 4) is 11.8 Å². The third-order valence-electron chi connectivity index (χ3n) is 4.74. The van der Waals surface area contributed by atoms with Crippen molar-refractivity contribution in [1.29, 1.82) is 0 Å². The van der Waals surface area contributed by atoms with Gasteiger partial charge in [0, 0.05) is 23.9 Å². The third kappa shape index (κ3) is 5.94. The van der Waals surface area contributed by atoms with E-state index in [2.05, 4.69) is 116 Å². The number of halogens is 1. The summed E-state index contributed by atoms with van der Waals surface area (Å²) in [7, 11) is -2.38. The van der Waals surface area contributed by atoms with E-state index < -0.39 is 8.32 Å². The molecule has 0 amide bonds. The molecule has 1 nitrogen and oxygen atoms in total. The molecule has 0 unspecified atom stereocenters. The summed E-state index contributed by atoms with van der Waals surface area (Å²) in [4.78, 5) is 0.